The number of carbonyl (C=O) groups is 1. The van der Waals surface area contributed by atoms with Gasteiger partial charge in [0.15, 0.2) is 11.6 Å². The van der Waals surface area contributed by atoms with Crippen molar-refractivity contribution >= 4 is 34.4 Å². The molecular weight excluding hydrogens is 418 g/mol. The van der Waals surface area contributed by atoms with Crippen molar-refractivity contribution in [3.8, 4) is 0 Å². The molecular formula is C22H20F2N6O2. The molecule has 1 aromatic heterocycles. The number of aromatic nitrogens is 1. The predicted octanol–water partition coefficient (Wildman–Crippen LogP) is 1.92. The molecule has 4 N–H and O–H groups in total. The summed E-state index contributed by atoms with van der Waals surface area (Å²) in [6.45, 7) is 2.83. The Kier molecular flexibility index (Phi) is 6.04. The molecule has 0 bridgehead atoms. The molecule has 1 aliphatic rings. The molecule has 4 rings (SSSR count). The number of pyridine rings is 1. The van der Waals surface area contributed by atoms with E-state index in [9.17, 15) is 18.4 Å². The summed E-state index contributed by atoms with van der Waals surface area (Å²) in [5.41, 5.74) is 0.544. The van der Waals surface area contributed by atoms with E-state index in [1.165, 1.54) is 18.3 Å². The molecule has 0 aliphatic carbocycles. The first-order valence-corrected chi connectivity index (χ1v) is 9.91. The van der Waals surface area contributed by atoms with Crippen molar-refractivity contribution in [2.75, 3.05) is 26.2 Å². The second kappa shape index (κ2) is 9.06. The molecule has 1 saturated heterocycles. The average Bonchev–Trinajstić information content (AvgIpc) is 2.83. The summed E-state index contributed by atoms with van der Waals surface area (Å²) in [6, 6.07) is 10.0. The molecule has 8 nitrogen and oxygen atoms in total. The number of rotatable bonds is 4. The predicted molar refractivity (Wildman–Crippen MR) is 119 cm³/mol. The number of halogens is 2. The van der Waals surface area contributed by atoms with Crippen molar-refractivity contribution in [2.24, 2.45) is 15.9 Å². The maximum Gasteiger partial charge on any atom is 0.258 e. The van der Waals surface area contributed by atoms with Crippen molar-refractivity contribution in [1.29, 1.82) is 0 Å². The molecule has 2 aromatic carbocycles. The van der Waals surface area contributed by atoms with Gasteiger partial charge in [-0.05, 0) is 42.5 Å². The van der Waals surface area contributed by atoms with Gasteiger partial charge in [0.1, 0.15) is 5.71 Å². The van der Waals surface area contributed by atoms with E-state index in [1.54, 1.807) is 29.2 Å². The van der Waals surface area contributed by atoms with Crippen LogP contribution in [0.3, 0.4) is 0 Å². The van der Waals surface area contributed by atoms with Gasteiger partial charge in [0.25, 0.3) is 11.5 Å². The van der Waals surface area contributed by atoms with Gasteiger partial charge >= 0.3 is 0 Å². The van der Waals surface area contributed by atoms with E-state index in [4.69, 9.17) is 5.84 Å². The number of hydrogen-bond acceptors (Lipinski definition) is 6. The van der Waals surface area contributed by atoms with Crippen molar-refractivity contribution in [2.45, 2.75) is 0 Å². The number of amides is 1. The number of hydrazone groups is 1. The molecule has 10 heteroatoms. The van der Waals surface area contributed by atoms with E-state index < -0.39 is 17.2 Å². The lowest BCUT2D eigenvalue weighted by Gasteiger charge is -2.27. The van der Waals surface area contributed by atoms with Crippen molar-refractivity contribution in [3.05, 3.63) is 75.6 Å². The minimum Gasteiger partial charge on any atom is -0.336 e. The third-order valence-electron chi connectivity index (χ3n) is 5.18. The van der Waals surface area contributed by atoms with Crippen LogP contribution >= 0.6 is 0 Å². The molecule has 1 amide bonds. The van der Waals surface area contributed by atoms with Gasteiger partial charge < -0.3 is 21.0 Å². The summed E-state index contributed by atoms with van der Waals surface area (Å²) >= 11 is 0. The number of aromatic amines is 1. The lowest BCUT2D eigenvalue weighted by molar-refractivity contribution is 0.0736. The van der Waals surface area contributed by atoms with E-state index in [1.807, 2.05) is 0 Å². The molecule has 1 aliphatic heterocycles. The van der Waals surface area contributed by atoms with Crippen LogP contribution in [-0.4, -0.2) is 53.9 Å². The van der Waals surface area contributed by atoms with Crippen molar-refractivity contribution < 1.29 is 13.6 Å². The maximum absolute atomic E-state index is 14.1. The van der Waals surface area contributed by atoms with Crippen molar-refractivity contribution in [3.63, 3.8) is 0 Å². The Balaban J connectivity index is 1.57. The molecule has 0 radical (unpaired) electrons. The molecule has 0 atom stereocenters. The molecule has 3 aromatic rings. The van der Waals surface area contributed by atoms with Crippen LogP contribution < -0.4 is 16.7 Å². The fourth-order valence-corrected chi connectivity index (χ4v) is 3.45. The van der Waals surface area contributed by atoms with Gasteiger partial charge in [0.2, 0.25) is 0 Å². The minimum absolute atomic E-state index is 0.0159. The van der Waals surface area contributed by atoms with E-state index in [0.29, 0.717) is 24.3 Å². The topological polar surface area (TPSA) is 116 Å². The molecule has 2 heterocycles. The molecule has 1 fully saturated rings. The zero-order chi connectivity index (χ0) is 22.7. The highest BCUT2D eigenvalue weighted by Gasteiger charge is 2.18. The second-order valence-corrected chi connectivity index (χ2v) is 7.20. The Morgan fingerprint density at radius 1 is 1.09 bits per heavy atom. The van der Waals surface area contributed by atoms with Crippen LogP contribution in [0.25, 0.3) is 10.9 Å². The third kappa shape index (κ3) is 4.26. The highest BCUT2D eigenvalue weighted by molar-refractivity contribution is 6.38. The average molecular weight is 438 g/mol. The first-order valence-electron chi connectivity index (χ1n) is 9.91. The molecule has 0 unspecified atom stereocenters. The molecule has 0 spiro atoms. The van der Waals surface area contributed by atoms with E-state index in [-0.39, 0.29) is 28.1 Å². The van der Waals surface area contributed by atoms with Crippen LogP contribution in [0.15, 0.2) is 57.4 Å². The number of hydrogen-bond donors (Lipinski definition) is 3. The summed E-state index contributed by atoms with van der Waals surface area (Å²) in [5, 5.41) is 6.66. The molecule has 164 valence electrons. The van der Waals surface area contributed by atoms with Crippen LogP contribution in [0.1, 0.15) is 15.9 Å². The summed E-state index contributed by atoms with van der Waals surface area (Å²) in [4.78, 5) is 33.4. The largest absolute Gasteiger partial charge is 0.336 e. The standard InChI is InChI=1S/C22H20F2N6O2/c23-17-5-6-18-15(20(17)24)11-16(21(31)28-18)19(29-25)12-27-14-3-1-13(2-4-14)22(32)30-9-7-26-8-10-30/h1-6,11-12,26H,7-10,25H2,(H,28,31). The van der Waals surface area contributed by atoms with Gasteiger partial charge in [0.05, 0.1) is 23.0 Å². The number of aliphatic imine (C=N–C) groups is 1. The van der Waals surface area contributed by atoms with Crippen LogP contribution in [0.4, 0.5) is 14.5 Å². The van der Waals surface area contributed by atoms with E-state index in [0.717, 1.165) is 19.2 Å². The van der Waals surface area contributed by atoms with Gasteiger partial charge in [-0.2, -0.15) is 5.10 Å². The SMILES string of the molecule is NN=C(C=Nc1ccc(C(=O)N2CCNCC2)cc1)c1cc2c(F)c(F)ccc2[nH]c1=O. The van der Waals surface area contributed by atoms with Crippen molar-refractivity contribution in [1.82, 2.24) is 15.2 Å². The van der Waals surface area contributed by atoms with Crippen LogP contribution in [0.5, 0.6) is 0 Å². The Bertz CT molecular complexity index is 1280. The summed E-state index contributed by atoms with van der Waals surface area (Å²) in [6.07, 6.45) is 1.25. The zero-order valence-corrected chi connectivity index (χ0v) is 16.9. The quantitative estimate of drug-likeness (QED) is 0.328. The van der Waals surface area contributed by atoms with E-state index >= 15 is 0 Å². The fourth-order valence-electron chi connectivity index (χ4n) is 3.45. The normalized spacial score (nSPS) is 14.9. The number of fused-ring (bicyclic) bond motifs is 1. The lowest BCUT2D eigenvalue weighted by atomic mass is 10.1. The summed E-state index contributed by atoms with van der Waals surface area (Å²) in [7, 11) is 0. The highest BCUT2D eigenvalue weighted by atomic mass is 19.2. The number of benzene rings is 2. The zero-order valence-electron chi connectivity index (χ0n) is 16.9. The molecule has 0 saturated carbocycles. The Hall–Kier alpha value is -3.92. The van der Waals surface area contributed by atoms with Crippen LogP contribution in [-0.2, 0) is 0 Å². The third-order valence-corrected chi connectivity index (χ3v) is 5.18. The number of nitrogens with zero attached hydrogens (tertiary/aromatic N) is 3. The second-order valence-electron chi connectivity index (χ2n) is 7.20. The Morgan fingerprint density at radius 3 is 2.50 bits per heavy atom. The van der Waals surface area contributed by atoms with Crippen LogP contribution in [0, 0.1) is 11.6 Å². The van der Waals surface area contributed by atoms with E-state index in [2.05, 4.69) is 20.4 Å². The number of nitrogens with one attached hydrogen (secondary N) is 2. The van der Waals surface area contributed by atoms with Crippen LogP contribution in [0.2, 0.25) is 0 Å². The number of H-pyrrole nitrogens is 1. The number of piperazine rings is 1. The number of nitrogens with two attached hydrogens (primary N) is 1. The first kappa shape index (κ1) is 21.3. The van der Waals surface area contributed by atoms with Gasteiger partial charge in [-0.15, -0.1) is 0 Å². The smallest absolute Gasteiger partial charge is 0.258 e. The van der Waals surface area contributed by atoms with Gasteiger partial charge in [-0.3, -0.25) is 14.6 Å². The minimum atomic E-state index is -1.09. The Labute approximate surface area is 181 Å². The summed E-state index contributed by atoms with van der Waals surface area (Å²) in [5.74, 6) is 3.24. The van der Waals surface area contributed by atoms with Gasteiger partial charge in [-0.1, -0.05) is 0 Å². The fraction of sp³-hybridized carbons (Fsp3) is 0.182. The Morgan fingerprint density at radius 2 is 1.81 bits per heavy atom. The first-order chi connectivity index (χ1) is 15.5. The molecule has 32 heavy (non-hydrogen) atoms. The number of carbonyl (C=O) groups excluding carboxylic acids is 1. The van der Waals surface area contributed by atoms with Gasteiger partial charge in [0, 0.05) is 37.1 Å². The monoisotopic (exact) mass is 438 g/mol. The maximum atomic E-state index is 14.1. The summed E-state index contributed by atoms with van der Waals surface area (Å²) < 4.78 is 27.7. The lowest BCUT2D eigenvalue weighted by Crippen LogP contribution is -2.46. The van der Waals surface area contributed by atoms with Gasteiger partial charge in [-0.25, -0.2) is 8.78 Å². The highest BCUT2D eigenvalue weighted by Crippen LogP contribution is 2.19.